The molecule has 0 amide bonds. The first-order chi connectivity index (χ1) is 27.4. The van der Waals surface area contributed by atoms with Gasteiger partial charge in [0.05, 0.1) is 27.7 Å². The van der Waals surface area contributed by atoms with E-state index in [1.54, 1.807) is 0 Å². The van der Waals surface area contributed by atoms with Crippen LogP contribution in [-0.4, -0.2) is 62.1 Å². The zero-order chi connectivity index (χ0) is 43.1. The maximum atomic E-state index is 15.4. The van der Waals surface area contributed by atoms with Crippen molar-refractivity contribution in [3.05, 3.63) is 98.7 Å². The zero-order valence-corrected chi connectivity index (χ0v) is 32.6. The number of sulfone groups is 1. The number of Topliss-reactive ketones (excluding diaryl/α,β-unsaturated/α-hetero) is 1. The molecular weight excluding hydrogens is 841 g/mol. The van der Waals surface area contributed by atoms with Crippen molar-refractivity contribution in [3.8, 4) is 23.0 Å². The Morgan fingerprint density at radius 1 is 1.07 bits per heavy atom. The molecule has 1 fully saturated rings. The molecule has 20 heteroatoms. The molecule has 3 heterocycles. The number of aliphatic hydroxyl groups is 1. The first-order valence-corrected chi connectivity index (χ1v) is 20.2. The molecule has 1 N–H and O–H groups in total. The molecule has 5 aromatic rings. The van der Waals surface area contributed by atoms with E-state index in [-0.39, 0.29) is 56.1 Å². The summed E-state index contributed by atoms with van der Waals surface area (Å²) < 4.78 is 156. The maximum absolute atomic E-state index is 15.4. The molecule has 0 radical (unpaired) electrons. The van der Waals surface area contributed by atoms with Gasteiger partial charge in [-0.2, -0.15) is 32.1 Å². The first-order valence-electron chi connectivity index (χ1n) is 17.8. The Morgan fingerprint density at radius 2 is 1.73 bits per heavy atom. The number of nitrogens with zero attached hydrogens (tertiary/aromatic N) is 5. The van der Waals surface area contributed by atoms with E-state index in [1.807, 2.05) is 5.92 Å². The minimum atomic E-state index is -5.11. The fourth-order valence-electron chi connectivity index (χ4n) is 7.73. The second kappa shape index (κ2) is 14.7. The number of rotatable bonds is 11. The molecule has 312 valence electrons. The number of ketones is 1. The van der Waals surface area contributed by atoms with E-state index < -0.39 is 111 Å². The number of benzene rings is 2. The summed E-state index contributed by atoms with van der Waals surface area (Å²) in [6.45, 7) is -0.306. The zero-order valence-electron chi connectivity index (χ0n) is 31.0. The molecule has 59 heavy (non-hydrogen) atoms. The standard InChI is InChI=1S/C39H31ClF9N5O4S/c1-37(56,36(43)44)9-8-22-4-5-24(25-6-7-28(40)31-29(17-59(3,57)58)51-53(2)33(25)31)32(50-22)19(10-18-11-20(41)14-21(42)12-18)13-23(55)16-54-35-30(34(52-54)39(47,48)49)26-15-27(26)38(35,45)46/h4-7,11-12,14,19,26-27,36,56H,10,13,15-17H2,1-3H3/t19-,26+,27-,37?/m1/s1. The van der Waals surface area contributed by atoms with Gasteiger partial charge in [0.15, 0.2) is 26.9 Å². The van der Waals surface area contributed by atoms with Crippen LogP contribution in [0.5, 0.6) is 0 Å². The molecule has 1 unspecified atom stereocenters. The van der Waals surface area contributed by atoms with Crippen LogP contribution >= 0.6 is 11.6 Å². The Labute approximate surface area is 335 Å². The van der Waals surface area contributed by atoms with Gasteiger partial charge in [0.25, 0.3) is 12.3 Å². The van der Waals surface area contributed by atoms with Crippen LogP contribution in [0.1, 0.15) is 71.2 Å². The number of aryl methyl sites for hydroxylation is 1. The van der Waals surface area contributed by atoms with Crippen molar-refractivity contribution in [1.29, 1.82) is 0 Å². The van der Waals surface area contributed by atoms with Crippen LogP contribution in [0.25, 0.3) is 22.0 Å². The molecule has 0 bridgehead atoms. The quantitative estimate of drug-likeness (QED) is 0.106. The molecule has 7 rings (SSSR count). The number of pyridine rings is 1. The van der Waals surface area contributed by atoms with Crippen LogP contribution in [0.15, 0.2) is 42.5 Å². The highest BCUT2D eigenvalue weighted by Crippen LogP contribution is 2.68. The summed E-state index contributed by atoms with van der Waals surface area (Å²) in [7, 11) is -2.16. The minimum Gasteiger partial charge on any atom is -0.372 e. The van der Waals surface area contributed by atoms with Gasteiger partial charge in [-0.1, -0.05) is 23.6 Å². The van der Waals surface area contributed by atoms with Crippen LogP contribution < -0.4 is 0 Å². The summed E-state index contributed by atoms with van der Waals surface area (Å²) in [5.74, 6) is -6.55. The monoisotopic (exact) mass is 871 g/mol. The molecule has 0 aliphatic heterocycles. The molecule has 3 aromatic heterocycles. The Bertz CT molecular complexity index is 2700. The van der Waals surface area contributed by atoms with Gasteiger partial charge in [0.2, 0.25) is 0 Å². The minimum absolute atomic E-state index is 0.0339. The summed E-state index contributed by atoms with van der Waals surface area (Å²) in [5, 5.41) is 18.2. The van der Waals surface area contributed by atoms with E-state index in [0.29, 0.717) is 10.7 Å². The predicted molar refractivity (Wildman–Crippen MR) is 195 cm³/mol. The highest BCUT2D eigenvalue weighted by atomic mass is 35.5. The van der Waals surface area contributed by atoms with Crippen LogP contribution in [0.2, 0.25) is 5.02 Å². The molecule has 0 saturated heterocycles. The lowest BCUT2D eigenvalue weighted by molar-refractivity contribution is -0.142. The van der Waals surface area contributed by atoms with E-state index in [1.165, 1.54) is 36.0 Å². The van der Waals surface area contributed by atoms with Crippen LogP contribution in [0, 0.1) is 29.4 Å². The number of carbonyl (C=O) groups excluding carboxylic acids is 1. The summed E-state index contributed by atoms with van der Waals surface area (Å²) in [4.78, 5) is 18.6. The van der Waals surface area contributed by atoms with Gasteiger partial charge in [-0.05, 0) is 67.5 Å². The third kappa shape index (κ3) is 8.18. The number of halogens is 10. The number of hydrogen-bond acceptors (Lipinski definition) is 7. The van der Waals surface area contributed by atoms with Crippen molar-refractivity contribution in [2.45, 2.75) is 74.4 Å². The maximum Gasteiger partial charge on any atom is 0.435 e. The molecular formula is C39H31ClF9N5O4S. The molecule has 2 aromatic carbocycles. The van der Waals surface area contributed by atoms with Crippen molar-refractivity contribution in [1.82, 2.24) is 24.5 Å². The van der Waals surface area contributed by atoms with E-state index in [9.17, 15) is 49.1 Å². The lowest BCUT2D eigenvalue weighted by atomic mass is 9.86. The number of hydrogen-bond donors (Lipinski definition) is 1. The molecule has 2 aliphatic carbocycles. The van der Waals surface area contributed by atoms with Gasteiger partial charge < -0.3 is 5.11 Å². The SMILES string of the molecule is Cn1nc(CS(C)(=O)=O)c2c(Cl)ccc(-c3ccc(C#CC(C)(O)C(F)F)nc3[C@@H](CC(=O)Cn3nc(C(F)(F)F)c4c3C(F)(F)[C@@H]3C[C@H]43)Cc3cc(F)cc(F)c3)c21. The van der Waals surface area contributed by atoms with Crippen molar-refractivity contribution in [2.24, 2.45) is 13.0 Å². The highest BCUT2D eigenvalue weighted by molar-refractivity contribution is 7.89. The molecule has 2 aliphatic rings. The summed E-state index contributed by atoms with van der Waals surface area (Å²) in [5.41, 5.74) is -5.61. The van der Waals surface area contributed by atoms with E-state index in [0.717, 1.165) is 25.3 Å². The largest absolute Gasteiger partial charge is 0.435 e. The normalized spacial score (nSPS) is 18.6. The lowest BCUT2D eigenvalue weighted by Gasteiger charge is -2.22. The molecule has 0 spiro atoms. The predicted octanol–water partition coefficient (Wildman–Crippen LogP) is 7.89. The van der Waals surface area contributed by atoms with Crippen molar-refractivity contribution < 1.29 is 57.8 Å². The average Bonchev–Trinajstić information content (AvgIpc) is 3.65. The Balaban J connectivity index is 1.40. The van der Waals surface area contributed by atoms with Gasteiger partial charge in [-0.3, -0.25) is 14.2 Å². The van der Waals surface area contributed by atoms with Crippen molar-refractivity contribution in [3.63, 3.8) is 0 Å². The molecule has 4 atom stereocenters. The van der Waals surface area contributed by atoms with Crippen LogP contribution in [0.4, 0.5) is 39.5 Å². The Morgan fingerprint density at radius 3 is 2.36 bits per heavy atom. The van der Waals surface area contributed by atoms with Crippen LogP contribution in [-0.2, 0) is 52.5 Å². The van der Waals surface area contributed by atoms with Crippen molar-refractivity contribution >= 4 is 38.1 Å². The average molecular weight is 872 g/mol. The Kier molecular flexibility index (Phi) is 10.5. The lowest BCUT2D eigenvalue weighted by Crippen LogP contribution is -2.31. The molecule has 1 saturated carbocycles. The van der Waals surface area contributed by atoms with E-state index in [2.05, 4.69) is 21.1 Å². The summed E-state index contributed by atoms with van der Waals surface area (Å²) in [6.07, 6.45) is -8.73. The van der Waals surface area contributed by atoms with Gasteiger partial charge >= 0.3 is 6.18 Å². The molecule has 9 nitrogen and oxygen atoms in total. The number of alkyl halides is 7. The fraction of sp³-hybridized carbons (Fsp3) is 0.385. The first kappa shape index (κ1) is 42.2. The topological polar surface area (TPSA) is 120 Å². The summed E-state index contributed by atoms with van der Waals surface area (Å²) >= 11 is 6.57. The van der Waals surface area contributed by atoms with Gasteiger partial charge in [0.1, 0.15) is 29.6 Å². The number of aromatic nitrogens is 5. The third-order valence-electron chi connectivity index (χ3n) is 10.3. The van der Waals surface area contributed by atoms with E-state index in [4.69, 9.17) is 11.6 Å². The van der Waals surface area contributed by atoms with E-state index >= 15 is 8.78 Å². The second-order valence-corrected chi connectivity index (χ2v) is 17.6. The smallest absolute Gasteiger partial charge is 0.372 e. The Hall–Kier alpha value is -4.93. The highest BCUT2D eigenvalue weighted by Gasteiger charge is 2.68. The second-order valence-electron chi connectivity index (χ2n) is 15.0. The number of fused-ring (bicyclic) bond motifs is 4. The summed E-state index contributed by atoms with van der Waals surface area (Å²) in [6, 6.07) is 8.10. The van der Waals surface area contributed by atoms with Crippen molar-refractivity contribution in [2.75, 3.05) is 6.26 Å². The van der Waals surface area contributed by atoms with Gasteiger partial charge in [-0.15, -0.1) is 0 Å². The van der Waals surface area contributed by atoms with Gasteiger partial charge in [0, 0.05) is 59.7 Å². The third-order valence-corrected chi connectivity index (χ3v) is 11.4. The van der Waals surface area contributed by atoms with Gasteiger partial charge in [-0.25, -0.2) is 31.0 Å². The van der Waals surface area contributed by atoms with Crippen LogP contribution in [0.3, 0.4) is 0 Å². The number of carbonyl (C=O) groups is 1. The fourth-order valence-corrected chi connectivity index (χ4v) is 8.69.